The third kappa shape index (κ3) is 4.27. The van der Waals surface area contributed by atoms with Crippen molar-refractivity contribution >= 4 is 0 Å². The Morgan fingerprint density at radius 2 is 2.37 bits per heavy atom. The number of rotatable bonds is 6. The molecule has 3 N–H and O–H groups in total. The highest BCUT2D eigenvalue weighted by Gasteiger charge is 2.18. The van der Waals surface area contributed by atoms with Crippen molar-refractivity contribution in [3.05, 3.63) is 35.1 Å². The molecule has 1 aromatic carbocycles. The zero-order valence-corrected chi connectivity index (χ0v) is 11.5. The third-order valence-electron chi connectivity index (χ3n) is 3.87. The molecule has 0 radical (unpaired) electrons. The van der Waals surface area contributed by atoms with Crippen molar-refractivity contribution in [3.63, 3.8) is 0 Å². The summed E-state index contributed by atoms with van der Waals surface area (Å²) in [5.74, 6) is 5.44. The second-order valence-electron chi connectivity index (χ2n) is 5.35. The van der Waals surface area contributed by atoms with Gasteiger partial charge in [-0.25, -0.2) is 4.39 Å². The molecule has 3 nitrogen and oxygen atoms in total. The maximum absolute atomic E-state index is 13.1. The van der Waals surface area contributed by atoms with Crippen molar-refractivity contribution in [1.29, 1.82) is 0 Å². The summed E-state index contributed by atoms with van der Waals surface area (Å²) in [5, 5.41) is 0. The highest BCUT2D eigenvalue weighted by molar-refractivity contribution is 5.27. The van der Waals surface area contributed by atoms with Crippen LogP contribution in [0.25, 0.3) is 0 Å². The lowest BCUT2D eigenvalue weighted by Crippen LogP contribution is -2.37. The Morgan fingerprint density at radius 1 is 1.53 bits per heavy atom. The zero-order chi connectivity index (χ0) is 13.7. The van der Waals surface area contributed by atoms with Crippen molar-refractivity contribution < 1.29 is 9.13 Å². The van der Waals surface area contributed by atoms with Crippen LogP contribution < -0.4 is 11.3 Å². The summed E-state index contributed by atoms with van der Waals surface area (Å²) >= 11 is 0. The summed E-state index contributed by atoms with van der Waals surface area (Å²) in [5.41, 5.74) is 5.00. The minimum atomic E-state index is -0.183. The van der Waals surface area contributed by atoms with Gasteiger partial charge in [-0.2, -0.15) is 0 Å². The Balaban J connectivity index is 1.86. The van der Waals surface area contributed by atoms with Crippen molar-refractivity contribution in [3.8, 4) is 0 Å². The Kier molecular flexibility index (Phi) is 5.31. The van der Waals surface area contributed by atoms with Gasteiger partial charge in [-0.1, -0.05) is 6.07 Å². The second-order valence-corrected chi connectivity index (χ2v) is 5.35. The van der Waals surface area contributed by atoms with Crippen LogP contribution in [0.5, 0.6) is 0 Å². The number of hydrogen-bond donors (Lipinski definition) is 2. The van der Waals surface area contributed by atoms with Gasteiger partial charge >= 0.3 is 0 Å². The highest BCUT2D eigenvalue weighted by atomic mass is 19.1. The molecule has 0 amide bonds. The molecular weight excluding hydrogens is 243 g/mol. The Hall–Kier alpha value is -0.970. The molecule has 19 heavy (non-hydrogen) atoms. The van der Waals surface area contributed by atoms with Gasteiger partial charge in [0, 0.05) is 12.6 Å². The van der Waals surface area contributed by atoms with E-state index < -0.39 is 0 Å². The average molecular weight is 266 g/mol. The van der Waals surface area contributed by atoms with Crippen LogP contribution in [0, 0.1) is 12.7 Å². The maximum Gasteiger partial charge on any atom is 0.123 e. The molecule has 1 fully saturated rings. The van der Waals surface area contributed by atoms with Gasteiger partial charge in [-0.3, -0.25) is 11.3 Å². The molecule has 1 heterocycles. The number of nitrogens with one attached hydrogen (secondary N) is 1. The highest BCUT2D eigenvalue weighted by Crippen LogP contribution is 2.19. The summed E-state index contributed by atoms with van der Waals surface area (Å²) in [7, 11) is 0. The number of aryl methyl sites for hydroxylation is 1. The Bertz CT molecular complexity index is 405. The van der Waals surface area contributed by atoms with Crippen LogP contribution >= 0.6 is 0 Å². The lowest BCUT2D eigenvalue weighted by Gasteiger charge is -2.19. The molecule has 0 spiro atoms. The summed E-state index contributed by atoms with van der Waals surface area (Å²) in [4.78, 5) is 0. The van der Waals surface area contributed by atoms with E-state index in [2.05, 4.69) is 5.43 Å². The molecule has 2 atom stereocenters. The van der Waals surface area contributed by atoms with E-state index in [1.54, 1.807) is 6.07 Å². The summed E-state index contributed by atoms with van der Waals surface area (Å²) < 4.78 is 18.7. The van der Waals surface area contributed by atoms with E-state index in [0.717, 1.165) is 43.4 Å². The monoisotopic (exact) mass is 266 g/mol. The van der Waals surface area contributed by atoms with Gasteiger partial charge < -0.3 is 4.74 Å². The van der Waals surface area contributed by atoms with E-state index in [0.29, 0.717) is 6.10 Å². The van der Waals surface area contributed by atoms with E-state index in [-0.39, 0.29) is 11.9 Å². The van der Waals surface area contributed by atoms with E-state index in [4.69, 9.17) is 10.6 Å². The number of benzene rings is 1. The molecule has 1 aliphatic rings. The molecule has 0 aliphatic carbocycles. The van der Waals surface area contributed by atoms with Crippen LogP contribution in [0.4, 0.5) is 4.39 Å². The third-order valence-corrected chi connectivity index (χ3v) is 3.87. The van der Waals surface area contributed by atoms with E-state index in [1.807, 2.05) is 13.0 Å². The SMILES string of the molecule is Cc1cc(F)ccc1CC(CCC1CCCO1)NN. The van der Waals surface area contributed by atoms with Gasteiger partial charge in [0.1, 0.15) is 5.82 Å². The summed E-state index contributed by atoms with van der Waals surface area (Å²) in [6.45, 7) is 2.83. The van der Waals surface area contributed by atoms with Crippen LogP contribution in [-0.2, 0) is 11.2 Å². The molecule has 4 heteroatoms. The molecule has 1 aromatic rings. The molecular formula is C15H23FN2O. The largest absolute Gasteiger partial charge is 0.378 e. The van der Waals surface area contributed by atoms with E-state index in [1.165, 1.54) is 12.5 Å². The fourth-order valence-electron chi connectivity index (χ4n) is 2.66. The van der Waals surface area contributed by atoms with Crippen molar-refractivity contribution in [1.82, 2.24) is 5.43 Å². The maximum atomic E-state index is 13.1. The normalized spacial score (nSPS) is 20.7. The van der Waals surface area contributed by atoms with Crippen molar-refractivity contribution in [2.75, 3.05) is 6.61 Å². The first-order chi connectivity index (χ1) is 9.19. The molecule has 2 unspecified atom stereocenters. The van der Waals surface area contributed by atoms with Gasteiger partial charge in [-0.05, 0) is 62.3 Å². The summed E-state index contributed by atoms with van der Waals surface area (Å²) in [6, 6.07) is 5.15. The fraction of sp³-hybridized carbons (Fsp3) is 0.600. The van der Waals surface area contributed by atoms with Crippen molar-refractivity contribution in [2.45, 2.75) is 51.2 Å². The quantitative estimate of drug-likeness (QED) is 0.614. The van der Waals surface area contributed by atoms with Crippen LogP contribution in [0.15, 0.2) is 18.2 Å². The molecule has 0 aromatic heterocycles. The van der Waals surface area contributed by atoms with E-state index in [9.17, 15) is 4.39 Å². The smallest absolute Gasteiger partial charge is 0.123 e. The number of hydrazine groups is 1. The van der Waals surface area contributed by atoms with Crippen LogP contribution in [0.2, 0.25) is 0 Å². The fourth-order valence-corrected chi connectivity index (χ4v) is 2.66. The minimum Gasteiger partial charge on any atom is -0.378 e. The average Bonchev–Trinajstić information content (AvgIpc) is 2.90. The predicted molar refractivity (Wildman–Crippen MR) is 74.2 cm³/mol. The van der Waals surface area contributed by atoms with E-state index >= 15 is 0 Å². The van der Waals surface area contributed by atoms with Gasteiger partial charge in [0.2, 0.25) is 0 Å². The molecule has 1 saturated heterocycles. The Labute approximate surface area is 114 Å². The lowest BCUT2D eigenvalue weighted by molar-refractivity contribution is 0.0996. The standard InChI is InChI=1S/C15H23FN2O/c1-11-9-13(16)5-4-12(11)10-14(18-17)6-7-15-3-2-8-19-15/h4-5,9,14-15,18H,2-3,6-8,10,17H2,1H3. The van der Waals surface area contributed by atoms with Gasteiger partial charge in [0.05, 0.1) is 6.10 Å². The molecule has 0 bridgehead atoms. The molecule has 106 valence electrons. The molecule has 0 saturated carbocycles. The molecule has 2 rings (SSSR count). The minimum absolute atomic E-state index is 0.183. The second kappa shape index (κ2) is 6.98. The number of halogens is 1. The first-order valence-electron chi connectivity index (χ1n) is 7.02. The Morgan fingerprint density at radius 3 is 3.00 bits per heavy atom. The topological polar surface area (TPSA) is 47.3 Å². The van der Waals surface area contributed by atoms with Crippen LogP contribution in [0.3, 0.4) is 0 Å². The van der Waals surface area contributed by atoms with Crippen LogP contribution in [-0.4, -0.2) is 18.8 Å². The lowest BCUT2D eigenvalue weighted by atomic mass is 9.97. The number of hydrogen-bond acceptors (Lipinski definition) is 3. The zero-order valence-electron chi connectivity index (χ0n) is 11.5. The first-order valence-corrected chi connectivity index (χ1v) is 7.02. The number of nitrogens with two attached hydrogens (primary N) is 1. The summed E-state index contributed by atoms with van der Waals surface area (Å²) in [6.07, 6.45) is 5.57. The molecule has 1 aliphatic heterocycles. The van der Waals surface area contributed by atoms with Gasteiger partial charge in [-0.15, -0.1) is 0 Å². The first kappa shape index (κ1) is 14.4. The predicted octanol–water partition coefficient (Wildman–Crippen LogP) is 2.47. The van der Waals surface area contributed by atoms with Gasteiger partial charge in [0.15, 0.2) is 0 Å². The van der Waals surface area contributed by atoms with Crippen LogP contribution in [0.1, 0.15) is 36.8 Å². The number of ether oxygens (including phenoxy) is 1. The van der Waals surface area contributed by atoms with Gasteiger partial charge in [0.25, 0.3) is 0 Å². The van der Waals surface area contributed by atoms with Crippen molar-refractivity contribution in [2.24, 2.45) is 5.84 Å².